The molecule has 25 heavy (non-hydrogen) atoms. The molecule has 2 nitrogen and oxygen atoms in total. The second-order valence-electron chi connectivity index (χ2n) is 7.53. The van der Waals surface area contributed by atoms with Crippen molar-refractivity contribution in [1.82, 2.24) is 4.90 Å². The first-order valence-corrected chi connectivity index (χ1v) is 9.39. The maximum absolute atomic E-state index is 6.49. The third-order valence-electron chi connectivity index (χ3n) is 5.45. The van der Waals surface area contributed by atoms with Gasteiger partial charge in [-0.25, -0.2) is 0 Å². The van der Waals surface area contributed by atoms with E-state index in [4.69, 9.17) is 4.74 Å². The number of fused-ring (bicyclic) bond motifs is 3. The molecule has 3 fully saturated rings. The van der Waals surface area contributed by atoms with Crippen LogP contribution in [-0.4, -0.2) is 24.1 Å². The third-order valence-corrected chi connectivity index (χ3v) is 5.45. The standard InChI is InChI=1S/C23H27NO/c1-17-12-18(2)14-20(13-17)16-25-23-21-8-10-24(11-9-21)22(23)15-19-6-4-3-5-7-19/h3-7,12-15,21,23H,8-11,16H2,1-2H3/b22-15-/t23-/m0/s1. The molecule has 1 atom stereocenters. The smallest absolute Gasteiger partial charge is 0.100 e. The highest BCUT2D eigenvalue weighted by atomic mass is 16.5. The topological polar surface area (TPSA) is 12.5 Å². The minimum absolute atomic E-state index is 0.225. The van der Waals surface area contributed by atoms with Gasteiger partial charge in [0.05, 0.1) is 6.61 Å². The first-order chi connectivity index (χ1) is 12.2. The number of benzene rings is 2. The predicted octanol–water partition coefficient (Wildman–Crippen LogP) is 4.96. The van der Waals surface area contributed by atoms with Gasteiger partial charge in [-0.2, -0.15) is 0 Å². The van der Waals surface area contributed by atoms with E-state index in [1.54, 1.807) is 0 Å². The summed E-state index contributed by atoms with van der Waals surface area (Å²) in [6.45, 7) is 7.36. The normalized spacial score (nSPS) is 24.1. The predicted molar refractivity (Wildman–Crippen MR) is 103 cm³/mol. The van der Waals surface area contributed by atoms with Crippen LogP contribution in [0.1, 0.15) is 35.1 Å². The Morgan fingerprint density at radius 3 is 2.36 bits per heavy atom. The molecule has 130 valence electrons. The van der Waals surface area contributed by atoms with Gasteiger partial charge in [0.1, 0.15) is 6.10 Å². The first-order valence-electron chi connectivity index (χ1n) is 9.39. The Morgan fingerprint density at radius 2 is 1.68 bits per heavy atom. The van der Waals surface area contributed by atoms with E-state index in [2.05, 4.69) is 73.4 Å². The van der Waals surface area contributed by atoms with Crippen LogP contribution in [0.5, 0.6) is 0 Å². The van der Waals surface area contributed by atoms with Crippen molar-refractivity contribution >= 4 is 6.08 Å². The maximum Gasteiger partial charge on any atom is 0.100 e. The zero-order valence-corrected chi connectivity index (χ0v) is 15.2. The van der Waals surface area contributed by atoms with Gasteiger partial charge in [0.2, 0.25) is 0 Å². The highest BCUT2D eigenvalue weighted by molar-refractivity contribution is 5.54. The summed E-state index contributed by atoms with van der Waals surface area (Å²) in [5, 5.41) is 0. The van der Waals surface area contributed by atoms with Crippen LogP contribution in [-0.2, 0) is 11.3 Å². The van der Waals surface area contributed by atoms with E-state index in [1.165, 1.54) is 53.9 Å². The van der Waals surface area contributed by atoms with Gasteiger partial charge in [-0.3, -0.25) is 0 Å². The number of nitrogens with zero attached hydrogens (tertiary/aromatic N) is 1. The van der Waals surface area contributed by atoms with E-state index in [9.17, 15) is 0 Å². The molecule has 2 heteroatoms. The van der Waals surface area contributed by atoms with E-state index in [0.717, 1.165) is 0 Å². The monoisotopic (exact) mass is 333 g/mol. The largest absolute Gasteiger partial charge is 0.373 e. The lowest BCUT2D eigenvalue weighted by Crippen LogP contribution is -2.49. The first kappa shape index (κ1) is 16.4. The minimum atomic E-state index is 0.225. The van der Waals surface area contributed by atoms with Crippen LogP contribution < -0.4 is 0 Å². The van der Waals surface area contributed by atoms with Crippen LogP contribution in [0.25, 0.3) is 6.08 Å². The molecule has 3 aliphatic rings. The number of hydrogen-bond donors (Lipinski definition) is 0. The van der Waals surface area contributed by atoms with Gasteiger partial charge >= 0.3 is 0 Å². The Bertz CT molecular complexity index is 737. The molecule has 0 radical (unpaired) electrons. The highest BCUT2D eigenvalue weighted by Gasteiger charge is 2.38. The van der Waals surface area contributed by atoms with Crippen LogP contribution >= 0.6 is 0 Å². The van der Waals surface area contributed by atoms with E-state index in [0.29, 0.717) is 12.5 Å². The number of hydrogen-bond acceptors (Lipinski definition) is 2. The lowest BCUT2D eigenvalue weighted by molar-refractivity contribution is -0.0420. The Hall–Kier alpha value is -2.06. The van der Waals surface area contributed by atoms with Crippen LogP contribution in [0.4, 0.5) is 0 Å². The molecule has 0 aromatic heterocycles. The fraction of sp³-hybridized carbons (Fsp3) is 0.391. The summed E-state index contributed by atoms with van der Waals surface area (Å²) in [6.07, 6.45) is 5.06. The molecular formula is C23H27NO. The van der Waals surface area contributed by atoms with E-state index < -0.39 is 0 Å². The quantitative estimate of drug-likeness (QED) is 0.784. The molecule has 3 saturated heterocycles. The van der Waals surface area contributed by atoms with Crippen LogP contribution in [0.3, 0.4) is 0 Å². The summed E-state index contributed by atoms with van der Waals surface area (Å²) in [7, 11) is 0. The fourth-order valence-corrected chi connectivity index (χ4v) is 4.34. The van der Waals surface area contributed by atoms with Crippen molar-refractivity contribution < 1.29 is 4.74 Å². The molecule has 0 N–H and O–H groups in total. The van der Waals surface area contributed by atoms with Crippen molar-refractivity contribution in [2.75, 3.05) is 13.1 Å². The molecule has 2 aromatic carbocycles. The molecule has 5 rings (SSSR count). The second kappa shape index (κ2) is 7.05. The van der Waals surface area contributed by atoms with Crippen molar-refractivity contribution in [3.8, 4) is 0 Å². The van der Waals surface area contributed by atoms with Gasteiger partial charge < -0.3 is 9.64 Å². The molecule has 0 spiro atoms. The van der Waals surface area contributed by atoms with Crippen molar-refractivity contribution in [3.05, 3.63) is 76.5 Å². The van der Waals surface area contributed by atoms with Crippen LogP contribution in [0.2, 0.25) is 0 Å². The maximum atomic E-state index is 6.49. The Morgan fingerprint density at radius 1 is 1.00 bits per heavy atom. The summed E-state index contributed by atoms with van der Waals surface area (Å²) >= 11 is 0. The molecule has 2 aromatic rings. The number of aryl methyl sites for hydroxylation is 2. The van der Waals surface area contributed by atoms with E-state index >= 15 is 0 Å². The van der Waals surface area contributed by atoms with Crippen molar-refractivity contribution in [1.29, 1.82) is 0 Å². The lowest BCUT2D eigenvalue weighted by Gasteiger charge is -2.47. The second-order valence-corrected chi connectivity index (χ2v) is 7.53. The zero-order valence-electron chi connectivity index (χ0n) is 15.2. The summed E-state index contributed by atoms with van der Waals surface area (Å²) in [5.74, 6) is 0.658. The SMILES string of the molecule is Cc1cc(C)cc(CO[C@@H]2/C(=C/c3ccccc3)N3CCC2CC3)c1. The number of ether oxygens (including phenoxy) is 1. The van der Waals surface area contributed by atoms with Crippen molar-refractivity contribution in [3.63, 3.8) is 0 Å². The molecule has 3 heterocycles. The van der Waals surface area contributed by atoms with Gasteiger partial charge in [0.15, 0.2) is 0 Å². The van der Waals surface area contributed by atoms with Crippen LogP contribution in [0, 0.1) is 19.8 Å². The average molecular weight is 333 g/mol. The lowest BCUT2D eigenvalue weighted by atomic mass is 9.82. The average Bonchev–Trinajstić information content (AvgIpc) is 2.62. The summed E-state index contributed by atoms with van der Waals surface area (Å²) in [5.41, 5.74) is 6.55. The number of piperidine rings is 3. The summed E-state index contributed by atoms with van der Waals surface area (Å²) in [4.78, 5) is 2.53. The molecule has 0 aliphatic carbocycles. The third kappa shape index (κ3) is 3.64. The molecular weight excluding hydrogens is 306 g/mol. The summed E-state index contributed by atoms with van der Waals surface area (Å²) < 4.78 is 6.49. The van der Waals surface area contributed by atoms with Gasteiger partial charge in [0.25, 0.3) is 0 Å². The molecule has 3 aliphatic heterocycles. The molecule has 0 unspecified atom stereocenters. The Kier molecular flexibility index (Phi) is 4.63. The van der Waals surface area contributed by atoms with Gasteiger partial charge in [-0.1, -0.05) is 59.7 Å². The number of rotatable bonds is 4. The molecule has 0 amide bonds. The van der Waals surface area contributed by atoms with E-state index in [1.807, 2.05) is 0 Å². The molecule has 0 saturated carbocycles. The van der Waals surface area contributed by atoms with Crippen molar-refractivity contribution in [2.24, 2.45) is 5.92 Å². The Labute approximate surface area is 151 Å². The van der Waals surface area contributed by atoms with Crippen LogP contribution in [0.15, 0.2) is 54.2 Å². The minimum Gasteiger partial charge on any atom is -0.373 e. The van der Waals surface area contributed by atoms with Gasteiger partial charge in [-0.05, 0) is 49.8 Å². The summed E-state index contributed by atoms with van der Waals surface area (Å²) in [6, 6.07) is 17.4. The molecule has 2 bridgehead atoms. The van der Waals surface area contributed by atoms with Gasteiger partial charge in [-0.15, -0.1) is 0 Å². The van der Waals surface area contributed by atoms with Crippen molar-refractivity contribution in [2.45, 2.75) is 39.4 Å². The van der Waals surface area contributed by atoms with E-state index in [-0.39, 0.29) is 6.10 Å². The highest BCUT2D eigenvalue weighted by Crippen LogP contribution is 2.38. The van der Waals surface area contributed by atoms with Gasteiger partial charge in [0, 0.05) is 18.8 Å². The zero-order chi connectivity index (χ0) is 17.2. The Balaban J connectivity index is 1.56. The fourth-order valence-electron chi connectivity index (χ4n) is 4.34.